The number of carbonyl (C=O) groups is 1. The number of hydrogen-bond donors (Lipinski definition) is 1. The Labute approximate surface area is 178 Å². The third-order valence-electron chi connectivity index (χ3n) is 5.02. The van der Waals surface area contributed by atoms with E-state index in [0.717, 1.165) is 22.4 Å². The summed E-state index contributed by atoms with van der Waals surface area (Å²) in [6.45, 7) is 0.222. The largest absolute Gasteiger partial charge is 0.454 e. The van der Waals surface area contributed by atoms with E-state index in [2.05, 4.69) is 15.5 Å². The highest BCUT2D eigenvalue weighted by atomic mass is 16.7. The Hall–Kier alpha value is -4.13. The standard InChI is InChI=1S/C24H19N3O4/c28-23(22(17-7-3-1-4-8-17)18-9-5-2-6-10-18)25-24-27-26-21(31-24)14-16-11-12-19-20(13-16)30-15-29-19/h1-13,22H,14-15H2,(H,25,27,28). The maximum atomic E-state index is 13.1. The zero-order valence-electron chi connectivity index (χ0n) is 16.5. The summed E-state index contributed by atoms with van der Waals surface area (Å²) in [5.41, 5.74) is 2.70. The summed E-state index contributed by atoms with van der Waals surface area (Å²) < 4.78 is 16.4. The van der Waals surface area contributed by atoms with Gasteiger partial charge in [0.05, 0.1) is 12.3 Å². The lowest BCUT2D eigenvalue weighted by atomic mass is 9.90. The molecule has 31 heavy (non-hydrogen) atoms. The van der Waals surface area contributed by atoms with Crippen LogP contribution in [0.3, 0.4) is 0 Å². The zero-order valence-corrected chi connectivity index (χ0v) is 16.5. The molecular weight excluding hydrogens is 394 g/mol. The number of benzene rings is 3. The Balaban J connectivity index is 1.33. The van der Waals surface area contributed by atoms with Gasteiger partial charge in [0.1, 0.15) is 0 Å². The summed E-state index contributed by atoms with van der Waals surface area (Å²) in [4.78, 5) is 13.1. The van der Waals surface area contributed by atoms with Crippen LogP contribution in [-0.2, 0) is 11.2 Å². The van der Waals surface area contributed by atoms with Crippen LogP contribution in [0.25, 0.3) is 0 Å². The highest BCUT2D eigenvalue weighted by molar-refractivity contribution is 5.96. The van der Waals surface area contributed by atoms with Gasteiger partial charge in [-0.25, -0.2) is 0 Å². The van der Waals surface area contributed by atoms with Crippen molar-refractivity contribution in [3.63, 3.8) is 0 Å². The summed E-state index contributed by atoms with van der Waals surface area (Å²) in [6, 6.07) is 24.9. The van der Waals surface area contributed by atoms with Gasteiger partial charge in [0.15, 0.2) is 11.5 Å². The van der Waals surface area contributed by atoms with E-state index in [4.69, 9.17) is 13.9 Å². The molecule has 7 heteroatoms. The zero-order chi connectivity index (χ0) is 21.0. The number of rotatable bonds is 6. The molecule has 2 heterocycles. The number of fused-ring (bicyclic) bond motifs is 1. The van der Waals surface area contributed by atoms with Gasteiger partial charge in [0, 0.05) is 0 Å². The van der Waals surface area contributed by atoms with Crippen LogP contribution in [0.2, 0.25) is 0 Å². The molecule has 1 amide bonds. The van der Waals surface area contributed by atoms with Crippen molar-refractivity contribution in [2.24, 2.45) is 0 Å². The third kappa shape index (κ3) is 4.11. The number of ether oxygens (including phenoxy) is 2. The number of anilines is 1. The molecular formula is C24H19N3O4. The molecule has 4 aromatic rings. The average molecular weight is 413 g/mol. The Morgan fingerprint density at radius 1 is 0.871 bits per heavy atom. The van der Waals surface area contributed by atoms with Gasteiger partial charge in [0.2, 0.25) is 18.6 Å². The molecule has 1 N–H and O–H groups in total. The minimum atomic E-state index is -0.494. The van der Waals surface area contributed by atoms with Crippen molar-refractivity contribution in [2.45, 2.75) is 12.3 Å². The number of carbonyl (C=O) groups excluding carboxylic acids is 1. The van der Waals surface area contributed by atoms with Crippen molar-refractivity contribution in [1.82, 2.24) is 10.2 Å². The van der Waals surface area contributed by atoms with Gasteiger partial charge in [-0.2, -0.15) is 0 Å². The molecule has 0 spiro atoms. The maximum Gasteiger partial charge on any atom is 0.322 e. The van der Waals surface area contributed by atoms with Crippen LogP contribution in [0.1, 0.15) is 28.5 Å². The number of amides is 1. The van der Waals surface area contributed by atoms with Gasteiger partial charge in [-0.3, -0.25) is 10.1 Å². The van der Waals surface area contributed by atoms with Crippen LogP contribution in [0.4, 0.5) is 6.01 Å². The number of nitrogens with zero attached hydrogens (tertiary/aromatic N) is 2. The van der Waals surface area contributed by atoms with E-state index in [1.54, 1.807) is 0 Å². The number of nitrogens with one attached hydrogen (secondary N) is 1. The predicted octanol–water partition coefficient (Wildman–Crippen LogP) is 4.16. The average Bonchev–Trinajstić information content (AvgIpc) is 3.44. The molecule has 154 valence electrons. The van der Waals surface area contributed by atoms with Crippen LogP contribution in [0, 0.1) is 0 Å². The van der Waals surface area contributed by atoms with E-state index in [1.807, 2.05) is 78.9 Å². The second-order valence-electron chi connectivity index (χ2n) is 7.11. The van der Waals surface area contributed by atoms with Crippen molar-refractivity contribution in [3.05, 3.63) is 101 Å². The SMILES string of the molecule is O=C(Nc1nnc(Cc2ccc3c(c2)OCO3)o1)C(c1ccccc1)c1ccccc1. The molecule has 0 bridgehead atoms. The van der Waals surface area contributed by atoms with Crippen molar-refractivity contribution in [1.29, 1.82) is 0 Å². The van der Waals surface area contributed by atoms with E-state index in [1.165, 1.54) is 0 Å². The Morgan fingerprint density at radius 2 is 1.55 bits per heavy atom. The molecule has 5 rings (SSSR count). The van der Waals surface area contributed by atoms with Crippen molar-refractivity contribution >= 4 is 11.9 Å². The second kappa shape index (κ2) is 8.31. The van der Waals surface area contributed by atoms with Crippen LogP contribution < -0.4 is 14.8 Å². The lowest BCUT2D eigenvalue weighted by molar-refractivity contribution is -0.116. The maximum absolute atomic E-state index is 13.1. The summed E-state index contributed by atoms with van der Waals surface area (Å²) in [7, 11) is 0. The van der Waals surface area contributed by atoms with Crippen molar-refractivity contribution in [2.75, 3.05) is 12.1 Å². The molecule has 1 aromatic heterocycles. The second-order valence-corrected chi connectivity index (χ2v) is 7.11. The van der Waals surface area contributed by atoms with E-state index < -0.39 is 5.92 Å². The monoisotopic (exact) mass is 413 g/mol. The van der Waals surface area contributed by atoms with Crippen LogP contribution in [-0.4, -0.2) is 22.9 Å². The minimum Gasteiger partial charge on any atom is -0.454 e. The van der Waals surface area contributed by atoms with Gasteiger partial charge in [-0.05, 0) is 28.8 Å². The molecule has 0 fully saturated rings. The lowest BCUT2D eigenvalue weighted by Crippen LogP contribution is -2.22. The normalized spacial score (nSPS) is 12.2. The molecule has 1 aliphatic heterocycles. The highest BCUT2D eigenvalue weighted by Crippen LogP contribution is 2.33. The van der Waals surface area contributed by atoms with E-state index in [-0.39, 0.29) is 18.7 Å². The highest BCUT2D eigenvalue weighted by Gasteiger charge is 2.24. The van der Waals surface area contributed by atoms with Gasteiger partial charge >= 0.3 is 6.01 Å². The first-order valence-electron chi connectivity index (χ1n) is 9.88. The van der Waals surface area contributed by atoms with Crippen LogP contribution >= 0.6 is 0 Å². The molecule has 7 nitrogen and oxygen atoms in total. The number of hydrogen-bond acceptors (Lipinski definition) is 6. The Kier molecular flexibility index (Phi) is 5.06. The van der Waals surface area contributed by atoms with E-state index in [9.17, 15) is 4.79 Å². The van der Waals surface area contributed by atoms with Gasteiger partial charge < -0.3 is 13.9 Å². The third-order valence-corrected chi connectivity index (χ3v) is 5.02. The molecule has 3 aromatic carbocycles. The summed E-state index contributed by atoms with van der Waals surface area (Å²) >= 11 is 0. The molecule has 0 aliphatic carbocycles. The van der Waals surface area contributed by atoms with Crippen molar-refractivity contribution < 1.29 is 18.7 Å². The Bertz CT molecular complexity index is 1150. The first kappa shape index (κ1) is 18.9. The van der Waals surface area contributed by atoms with Gasteiger partial charge in [-0.1, -0.05) is 71.8 Å². The molecule has 0 saturated heterocycles. The lowest BCUT2D eigenvalue weighted by Gasteiger charge is -2.16. The predicted molar refractivity (Wildman–Crippen MR) is 113 cm³/mol. The summed E-state index contributed by atoms with van der Waals surface area (Å²) in [6.07, 6.45) is 0.417. The molecule has 0 radical (unpaired) electrons. The molecule has 0 atom stereocenters. The van der Waals surface area contributed by atoms with Gasteiger partial charge in [-0.15, -0.1) is 5.10 Å². The topological polar surface area (TPSA) is 86.5 Å². The fraction of sp³-hybridized carbons (Fsp3) is 0.125. The van der Waals surface area contributed by atoms with Crippen LogP contribution in [0.5, 0.6) is 11.5 Å². The molecule has 1 aliphatic rings. The van der Waals surface area contributed by atoms with E-state index >= 15 is 0 Å². The summed E-state index contributed by atoms with van der Waals surface area (Å²) in [5.74, 6) is 1.07. The van der Waals surface area contributed by atoms with E-state index in [0.29, 0.717) is 18.1 Å². The minimum absolute atomic E-state index is 0.0672. The smallest absolute Gasteiger partial charge is 0.322 e. The first-order valence-corrected chi connectivity index (χ1v) is 9.88. The number of aromatic nitrogens is 2. The first-order chi connectivity index (χ1) is 15.3. The van der Waals surface area contributed by atoms with Crippen LogP contribution in [0.15, 0.2) is 83.3 Å². The molecule has 0 unspecified atom stereocenters. The Morgan fingerprint density at radius 3 is 2.26 bits per heavy atom. The van der Waals surface area contributed by atoms with Crippen molar-refractivity contribution in [3.8, 4) is 11.5 Å². The fourth-order valence-electron chi connectivity index (χ4n) is 3.56. The quantitative estimate of drug-likeness (QED) is 0.511. The molecule has 0 saturated carbocycles. The van der Waals surface area contributed by atoms with Gasteiger partial charge in [0.25, 0.3) is 0 Å². The summed E-state index contributed by atoms with van der Waals surface area (Å²) in [5, 5.41) is 10.8. The fourth-order valence-corrected chi connectivity index (χ4v) is 3.56.